The number of hydrogen-bond donors (Lipinski definition) is 2. The Hall–Kier alpha value is -2.12. The lowest BCUT2D eigenvalue weighted by Crippen LogP contribution is -2.32. The molecule has 2 aromatic rings. The smallest absolute Gasteiger partial charge is 0.263 e. The van der Waals surface area contributed by atoms with Gasteiger partial charge in [0.25, 0.3) is 15.9 Å². The van der Waals surface area contributed by atoms with Crippen molar-refractivity contribution in [1.82, 2.24) is 5.32 Å². The molecule has 8 heteroatoms. The maximum absolute atomic E-state index is 13.0. The third-order valence-electron chi connectivity index (χ3n) is 4.27. The summed E-state index contributed by atoms with van der Waals surface area (Å²) in [5.74, 6) is -0.802. The minimum Gasteiger partial charge on any atom is -0.349 e. The fourth-order valence-electron chi connectivity index (χ4n) is 2.92. The number of rotatable bonds is 5. The van der Waals surface area contributed by atoms with E-state index in [4.69, 9.17) is 11.6 Å². The predicted molar refractivity (Wildman–Crippen MR) is 98.4 cm³/mol. The zero-order chi connectivity index (χ0) is 18.7. The molecule has 2 N–H and O–H groups in total. The van der Waals surface area contributed by atoms with Gasteiger partial charge in [-0.25, -0.2) is 12.8 Å². The van der Waals surface area contributed by atoms with Gasteiger partial charge >= 0.3 is 0 Å². The Bertz CT molecular complexity index is 911. The molecular formula is C18H18ClFN2O3S. The molecule has 0 bridgehead atoms. The van der Waals surface area contributed by atoms with E-state index < -0.39 is 15.8 Å². The highest BCUT2D eigenvalue weighted by Crippen LogP contribution is 2.26. The minimum atomic E-state index is -4.02. The van der Waals surface area contributed by atoms with Gasteiger partial charge in [-0.2, -0.15) is 0 Å². The van der Waals surface area contributed by atoms with E-state index in [0.29, 0.717) is 0 Å². The topological polar surface area (TPSA) is 75.3 Å². The van der Waals surface area contributed by atoms with E-state index in [1.54, 1.807) is 0 Å². The van der Waals surface area contributed by atoms with E-state index in [0.717, 1.165) is 37.8 Å². The Morgan fingerprint density at radius 2 is 1.73 bits per heavy atom. The van der Waals surface area contributed by atoms with Crippen molar-refractivity contribution < 1.29 is 17.6 Å². The zero-order valence-corrected chi connectivity index (χ0v) is 15.4. The highest BCUT2D eigenvalue weighted by atomic mass is 35.5. The van der Waals surface area contributed by atoms with Crippen LogP contribution in [0.25, 0.3) is 0 Å². The highest BCUT2D eigenvalue weighted by Gasteiger charge is 2.22. The number of carbonyl (C=O) groups excluding carboxylic acids is 1. The first-order chi connectivity index (χ1) is 12.3. The van der Waals surface area contributed by atoms with Crippen molar-refractivity contribution in [2.24, 2.45) is 0 Å². The molecule has 0 aliphatic heterocycles. The summed E-state index contributed by atoms with van der Waals surface area (Å²) in [5.41, 5.74) is 0.420. The van der Waals surface area contributed by atoms with Gasteiger partial charge in [0, 0.05) is 17.3 Å². The molecule has 1 amide bonds. The number of nitrogens with one attached hydrogen (secondary N) is 2. The monoisotopic (exact) mass is 396 g/mol. The van der Waals surface area contributed by atoms with Crippen molar-refractivity contribution in [3.63, 3.8) is 0 Å². The second-order valence-corrected chi connectivity index (χ2v) is 8.27. The number of hydrogen-bond acceptors (Lipinski definition) is 3. The summed E-state index contributed by atoms with van der Waals surface area (Å²) in [6.07, 6.45) is 4.01. The van der Waals surface area contributed by atoms with Crippen LogP contribution >= 0.6 is 11.6 Å². The molecule has 1 aliphatic carbocycles. The normalized spacial score (nSPS) is 15.0. The maximum atomic E-state index is 13.0. The van der Waals surface area contributed by atoms with Gasteiger partial charge in [0.2, 0.25) is 0 Å². The van der Waals surface area contributed by atoms with Crippen LogP contribution < -0.4 is 10.0 Å². The molecule has 0 heterocycles. The Morgan fingerprint density at radius 1 is 1.08 bits per heavy atom. The van der Waals surface area contributed by atoms with Crippen LogP contribution in [-0.4, -0.2) is 20.4 Å². The largest absolute Gasteiger partial charge is 0.349 e. The fourth-order valence-corrected chi connectivity index (χ4v) is 4.50. The van der Waals surface area contributed by atoms with Crippen molar-refractivity contribution in [2.75, 3.05) is 4.72 Å². The Balaban J connectivity index is 1.83. The Kier molecular flexibility index (Phi) is 5.48. The lowest BCUT2D eigenvalue weighted by atomic mass is 10.2. The van der Waals surface area contributed by atoms with Crippen LogP contribution in [-0.2, 0) is 10.0 Å². The lowest BCUT2D eigenvalue weighted by Gasteiger charge is -2.14. The van der Waals surface area contributed by atoms with Crippen LogP contribution in [0.3, 0.4) is 0 Å². The van der Waals surface area contributed by atoms with E-state index in [1.165, 1.54) is 30.3 Å². The first-order valence-electron chi connectivity index (χ1n) is 8.24. The summed E-state index contributed by atoms with van der Waals surface area (Å²) in [5, 5.41) is 2.91. The van der Waals surface area contributed by atoms with E-state index in [2.05, 4.69) is 10.0 Å². The van der Waals surface area contributed by atoms with Gasteiger partial charge in [-0.05, 0) is 55.3 Å². The molecule has 2 aromatic carbocycles. The van der Waals surface area contributed by atoms with Crippen LogP contribution in [0.4, 0.5) is 10.1 Å². The van der Waals surface area contributed by atoms with Gasteiger partial charge in [-0.3, -0.25) is 9.52 Å². The first kappa shape index (κ1) is 18.7. The third-order valence-corrected chi connectivity index (χ3v) is 6.13. The van der Waals surface area contributed by atoms with E-state index >= 15 is 0 Å². The molecule has 0 aromatic heterocycles. The molecular weight excluding hydrogens is 379 g/mol. The zero-order valence-electron chi connectivity index (χ0n) is 13.8. The number of carbonyl (C=O) groups is 1. The quantitative estimate of drug-likeness (QED) is 0.803. The number of anilines is 1. The molecule has 0 atom stereocenters. The second-order valence-electron chi connectivity index (χ2n) is 6.21. The van der Waals surface area contributed by atoms with Gasteiger partial charge in [0.15, 0.2) is 0 Å². The molecule has 1 fully saturated rings. The molecule has 0 saturated heterocycles. The molecule has 26 heavy (non-hydrogen) atoms. The summed E-state index contributed by atoms with van der Waals surface area (Å²) in [7, 11) is -4.02. The number of halogens is 2. The van der Waals surface area contributed by atoms with Gasteiger partial charge in [-0.1, -0.05) is 24.4 Å². The van der Waals surface area contributed by atoms with Crippen LogP contribution in [0, 0.1) is 5.82 Å². The summed E-state index contributed by atoms with van der Waals surface area (Å²) in [6, 6.07) is 9.13. The number of amides is 1. The molecule has 0 radical (unpaired) electrons. The van der Waals surface area contributed by atoms with Crippen molar-refractivity contribution in [1.29, 1.82) is 0 Å². The van der Waals surface area contributed by atoms with Crippen LogP contribution in [0.2, 0.25) is 5.02 Å². The van der Waals surface area contributed by atoms with Crippen molar-refractivity contribution >= 4 is 33.2 Å². The number of benzene rings is 2. The van der Waals surface area contributed by atoms with E-state index in [-0.39, 0.29) is 33.1 Å². The van der Waals surface area contributed by atoms with Gasteiger partial charge < -0.3 is 5.32 Å². The molecule has 0 unspecified atom stereocenters. The van der Waals surface area contributed by atoms with E-state index in [9.17, 15) is 17.6 Å². The molecule has 0 spiro atoms. The molecule has 138 valence electrons. The number of sulfonamides is 1. The summed E-state index contributed by atoms with van der Waals surface area (Å²) in [4.78, 5) is 12.2. The summed E-state index contributed by atoms with van der Waals surface area (Å²) >= 11 is 6.04. The van der Waals surface area contributed by atoms with Crippen LogP contribution in [0.1, 0.15) is 36.0 Å². The standard InChI is InChI=1S/C18H18ClFN2O3S/c19-16-10-5-12(18(23)21-14-3-1-2-4-14)11-17(16)26(24,25)22-15-8-6-13(20)7-9-15/h5-11,14,22H,1-4H2,(H,21,23). The second kappa shape index (κ2) is 7.63. The third kappa shape index (κ3) is 4.34. The van der Waals surface area contributed by atoms with Crippen molar-refractivity contribution in [3.05, 3.63) is 58.9 Å². The van der Waals surface area contributed by atoms with Crippen LogP contribution in [0.5, 0.6) is 0 Å². The Labute approximate surface area is 156 Å². The van der Waals surface area contributed by atoms with E-state index in [1.807, 2.05) is 0 Å². The minimum absolute atomic E-state index is 0.00275. The Morgan fingerprint density at radius 3 is 2.38 bits per heavy atom. The van der Waals surface area contributed by atoms with Crippen molar-refractivity contribution in [2.45, 2.75) is 36.6 Å². The van der Waals surface area contributed by atoms with Gasteiger partial charge in [0.05, 0.1) is 5.02 Å². The molecule has 5 nitrogen and oxygen atoms in total. The highest BCUT2D eigenvalue weighted by molar-refractivity contribution is 7.92. The maximum Gasteiger partial charge on any atom is 0.263 e. The van der Waals surface area contributed by atoms with Gasteiger partial charge in [-0.15, -0.1) is 0 Å². The molecule has 3 rings (SSSR count). The van der Waals surface area contributed by atoms with Crippen molar-refractivity contribution in [3.8, 4) is 0 Å². The van der Waals surface area contributed by atoms with Gasteiger partial charge in [0.1, 0.15) is 10.7 Å². The molecule has 1 aliphatic rings. The predicted octanol–water partition coefficient (Wildman–Crippen LogP) is 3.95. The first-order valence-corrected chi connectivity index (χ1v) is 10.1. The average molecular weight is 397 g/mol. The fraction of sp³-hybridized carbons (Fsp3) is 0.278. The summed E-state index contributed by atoms with van der Waals surface area (Å²) < 4.78 is 40.5. The summed E-state index contributed by atoms with van der Waals surface area (Å²) in [6.45, 7) is 0. The average Bonchev–Trinajstić information content (AvgIpc) is 3.10. The van der Waals surface area contributed by atoms with Crippen LogP contribution in [0.15, 0.2) is 47.4 Å². The molecule has 1 saturated carbocycles. The lowest BCUT2D eigenvalue weighted by molar-refractivity contribution is 0.0937. The SMILES string of the molecule is O=C(NC1CCCC1)c1ccc(Cl)c(S(=O)(=O)Nc2ccc(F)cc2)c1.